The zero-order valence-electron chi connectivity index (χ0n) is 18.2. The smallest absolute Gasteiger partial charge is 0.391 e. The van der Waals surface area contributed by atoms with Crippen molar-refractivity contribution in [3.63, 3.8) is 0 Å². The number of hydrogen-bond donors (Lipinski definition) is 2. The lowest BCUT2D eigenvalue weighted by molar-refractivity contribution is -0.185. The van der Waals surface area contributed by atoms with Crippen LogP contribution in [0, 0.1) is 11.8 Å². The number of nitrogens with one attached hydrogen (secondary N) is 1. The summed E-state index contributed by atoms with van der Waals surface area (Å²) in [5.41, 5.74) is -0.0115. The van der Waals surface area contributed by atoms with Gasteiger partial charge in [-0.25, -0.2) is 9.97 Å². The fraction of sp³-hybridized carbons (Fsp3) is 0.545. The van der Waals surface area contributed by atoms with Crippen LogP contribution >= 0.6 is 0 Å². The minimum Gasteiger partial charge on any atom is -0.489 e. The average molecular weight is 482 g/mol. The zero-order valence-corrected chi connectivity index (χ0v) is 18.2. The summed E-state index contributed by atoms with van der Waals surface area (Å²) in [6.07, 6.45) is -0.456. The molecule has 2 aromatic heterocycles. The van der Waals surface area contributed by atoms with E-state index in [1.807, 2.05) is 0 Å². The van der Waals surface area contributed by atoms with Crippen LogP contribution in [0.4, 0.5) is 19.2 Å². The van der Waals surface area contributed by atoms with E-state index in [9.17, 15) is 27.9 Å². The number of aliphatic hydroxyl groups is 1. The maximum Gasteiger partial charge on any atom is 0.391 e. The molecule has 12 heteroatoms. The van der Waals surface area contributed by atoms with E-state index < -0.39 is 36.1 Å². The molecule has 1 aliphatic carbocycles. The molecule has 184 valence electrons. The third-order valence-electron chi connectivity index (χ3n) is 6.28. The number of anilines is 1. The second-order valence-corrected chi connectivity index (χ2v) is 8.58. The Morgan fingerprint density at radius 2 is 1.97 bits per heavy atom. The van der Waals surface area contributed by atoms with E-state index in [1.165, 1.54) is 23.6 Å². The number of likely N-dealkylation sites (tertiary alicyclic amines) is 1. The van der Waals surface area contributed by atoms with Gasteiger partial charge in [0.2, 0.25) is 5.91 Å². The second kappa shape index (κ2) is 10.00. The molecular formula is C22H25F3N4O5. The number of pyridine rings is 1. The summed E-state index contributed by atoms with van der Waals surface area (Å²) in [5, 5.41) is 12.6. The van der Waals surface area contributed by atoms with Gasteiger partial charge in [-0.2, -0.15) is 13.2 Å². The van der Waals surface area contributed by atoms with Crippen LogP contribution in [0.3, 0.4) is 0 Å². The number of hydrogen-bond acceptors (Lipinski definition) is 7. The molecule has 4 rings (SSSR count). The van der Waals surface area contributed by atoms with Crippen molar-refractivity contribution >= 4 is 17.8 Å². The van der Waals surface area contributed by atoms with Gasteiger partial charge in [-0.15, -0.1) is 0 Å². The Morgan fingerprint density at radius 1 is 1.21 bits per heavy atom. The van der Waals surface area contributed by atoms with Crippen LogP contribution in [0.1, 0.15) is 42.6 Å². The first kappa shape index (κ1) is 24.0. The van der Waals surface area contributed by atoms with Gasteiger partial charge in [0.1, 0.15) is 12.9 Å². The van der Waals surface area contributed by atoms with Crippen molar-refractivity contribution in [2.75, 3.05) is 18.5 Å². The molecule has 2 atom stereocenters. The van der Waals surface area contributed by atoms with E-state index in [4.69, 9.17) is 9.15 Å². The summed E-state index contributed by atoms with van der Waals surface area (Å²) in [7, 11) is 0. The highest BCUT2D eigenvalue weighted by Gasteiger charge is 2.44. The Balaban J connectivity index is 1.38. The Labute approximate surface area is 193 Å². The van der Waals surface area contributed by atoms with Crippen molar-refractivity contribution in [2.24, 2.45) is 11.8 Å². The summed E-state index contributed by atoms with van der Waals surface area (Å²) in [4.78, 5) is 34.9. The Morgan fingerprint density at radius 3 is 2.65 bits per heavy atom. The largest absolute Gasteiger partial charge is 0.489 e. The van der Waals surface area contributed by atoms with Gasteiger partial charge in [0.25, 0.3) is 5.91 Å². The number of halogens is 3. The van der Waals surface area contributed by atoms with Crippen molar-refractivity contribution in [3.05, 3.63) is 36.5 Å². The monoisotopic (exact) mass is 482 g/mol. The molecule has 2 aromatic rings. The standard InChI is InChI=1S/C22H25F3N4O5/c23-22(24,25)14-5-3-13(4-6-14)20(32)29-11-16(30)10-15(29)12-34-17-2-1-7-26-18(17)19(31)28-21-27-8-9-33-21/h1-2,7-9,13-16,30H,3-6,10-12H2,(H,27,28,31)/t13?,14?,15-,16-/m1/s1. The summed E-state index contributed by atoms with van der Waals surface area (Å²) < 4.78 is 49.7. The molecular weight excluding hydrogens is 457 g/mol. The number of β-amino-alcohol motifs (C(OH)–C–C–N with tert-alkyl or cyclic N) is 1. The lowest BCUT2D eigenvalue weighted by Gasteiger charge is -2.33. The first-order valence-corrected chi connectivity index (χ1v) is 11.1. The molecule has 0 bridgehead atoms. The van der Waals surface area contributed by atoms with Gasteiger partial charge in [0, 0.05) is 18.7 Å². The van der Waals surface area contributed by atoms with E-state index in [0.717, 1.165) is 0 Å². The molecule has 3 heterocycles. The molecule has 9 nitrogen and oxygen atoms in total. The summed E-state index contributed by atoms with van der Waals surface area (Å²) >= 11 is 0. The van der Waals surface area contributed by atoms with E-state index in [2.05, 4.69) is 15.3 Å². The molecule has 1 aliphatic heterocycles. The predicted octanol–water partition coefficient (Wildman–Crippen LogP) is 3.03. The molecule has 0 spiro atoms. The quantitative estimate of drug-likeness (QED) is 0.650. The molecule has 1 saturated heterocycles. The fourth-order valence-electron chi connectivity index (χ4n) is 4.53. The minimum atomic E-state index is -4.24. The molecule has 0 aromatic carbocycles. The van der Waals surface area contributed by atoms with Crippen molar-refractivity contribution in [1.29, 1.82) is 0 Å². The Hall–Kier alpha value is -3.15. The maximum atomic E-state index is 13.1. The summed E-state index contributed by atoms with van der Waals surface area (Å²) in [6, 6.07) is 2.65. The minimum absolute atomic E-state index is 0.00228. The SMILES string of the molecule is O=C(Nc1ncco1)c1ncccc1OC[C@H]1C[C@@H](O)CN1C(=O)C1CCC(C(F)(F)F)CC1. The number of carbonyl (C=O) groups excluding carboxylic acids is 2. The van der Waals surface area contributed by atoms with Gasteiger partial charge in [-0.05, 0) is 44.2 Å². The topological polar surface area (TPSA) is 118 Å². The van der Waals surface area contributed by atoms with Crippen LogP contribution in [-0.4, -0.2) is 63.3 Å². The van der Waals surface area contributed by atoms with Gasteiger partial charge < -0.3 is 19.2 Å². The average Bonchev–Trinajstić information content (AvgIpc) is 3.46. The van der Waals surface area contributed by atoms with E-state index in [-0.39, 0.29) is 68.6 Å². The molecule has 0 radical (unpaired) electrons. The number of nitrogens with zero attached hydrogens (tertiary/aromatic N) is 3. The lowest BCUT2D eigenvalue weighted by Crippen LogP contribution is -2.44. The highest BCUT2D eigenvalue weighted by Crippen LogP contribution is 2.40. The van der Waals surface area contributed by atoms with Crippen LogP contribution in [0.5, 0.6) is 5.75 Å². The third-order valence-corrected chi connectivity index (χ3v) is 6.28. The van der Waals surface area contributed by atoms with Crippen molar-refractivity contribution in [2.45, 2.75) is 50.4 Å². The predicted molar refractivity (Wildman–Crippen MR) is 112 cm³/mol. The Kier molecular flexibility index (Phi) is 7.05. The summed E-state index contributed by atoms with van der Waals surface area (Å²) in [6.45, 7) is 0.0856. The number of oxazole rings is 1. The first-order valence-electron chi connectivity index (χ1n) is 11.1. The van der Waals surface area contributed by atoms with Crippen LogP contribution in [0.25, 0.3) is 0 Å². The maximum absolute atomic E-state index is 13.1. The molecule has 2 fully saturated rings. The van der Waals surface area contributed by atoms with Gasteiger partial charge in [-0.1, -0.05) is 0 Å². The van der Waals surface area contributed by atoms with Crippen molar-refractivity contribution in [1.82, 2.24) is 14.9 Å². The van der Waals surface area contributed by atoms with Crippen LogP contribution in [0.2, 0.25) is 0 Å². The van der Waals surface area contributed by atoms with Crippen LogP contribution in [-0.2, 0) is 4.79 Å². The molecule has 0 unspecified atom stereocenters. The van der Waals surface area contributed by atoms with E-state index in [1.54, 1.807) is 12.1 Å². The van der Waals surface area contributed by atoms with Gasteiger partial charge in [-0.3, -0.25) is 14.9 Å². The van der Waals surface area contributed by atoms with E-state index >= 15 is 0 Å². The van der Waals surface area contributed by atoms with Crippen molar-refractivity contribution < 1.29 is 37.0 Å². The van der Waals surface area contributed by atoms with Gasteiger partial charge in [0.15, 0.2) is 11.4 Å². The highest BCUT2D eigenvalue weighted by molar-refractivity contribution is 6.03. The summed E-state index contributed by atoms with van der Waals surface area (Å²) in [5.74, 6) is -2.57. The Bertz CT molecular complexity index is 993. The molecule has 2 amide bonds. The van der Waals surface area contributed by atoms with Crippen LogP contribution in [0.15, 0.2) is 35.2 Å². The molecule has 2 N–H and O–H groups in total. The van der Waals surface area contributed by atoms with E-state index in [0.29, 0.717) is 0 Å². The molecule has 34 heavy (non-hydrogen) atoms. The number of amides is 2. The molecule has 2 aliphatic rings. The number of carbonyl (C=O) groups is 2. The lowest BCUT2D eigenvalue weighted by atomic mass is 9.81. The number of aliphatic hydroxyl groups excluding tert-OH is 1. The number of aromatic nitrogens is 2. The highest BCUT2D eigenvalue weighted by atomic mass is 19.4. The van der Waals surface area contributed by atoms with Crippen molar-refractivity contribution in [3.8, 4) is 5.75 Å². The molecule has 1 saturated carbocycles. The number of alkyl halides is 3. The normalized spacial score (nSPS) is 25.2. The zero-order chi connectivity index (χ0) is 24.3. The third kappa shape index (κ3) is 5.49. The van der Waals surface area contributed by atoms with Crippen LogP contribution < -0.4 is 10.1 Å². The second-order valence-electron chi connectivity index (χ2n) is 8.58. The van der Waals surface area contributed by atoms with Gasteiger partial charge >= 0.3 is 12.2 Å². The first-order chi connectivity index (χ1) is 16.2. The number of ether oxygens (including phenoxy) is 1. The number of rotatable bonds is 6. The van der Waals surface area contributed by atoms with Gasteiger partial charge in [0.05, 0.1) is 24.3 Å². The fourth-order valence-corrected chi connectivity index (χ4v) is 4.53.